The van der Waals surface area contributed by atoms with Gasteiger partial charge in [-0.25, -0.2) is 13.2 Å². The van der Waals surface area contributed by atoms with E-state index in [9.17, 15) is 18.0 Å². The Labute approximate surface area is 95.5 Å². The van der Waals surface area contributed by atoms with Crippen LogP contribution in [0.3, 0.4) is 0 Å². The van der Waals surface area contributed by atoms with Crippen molar-refractivity contribution >= 4 is 5.78 Å². The number of hydrogen-bond donors (Lipinski definition) is 0. The quantitative estimate of drug-likeness (QED) is 0.731. The third kappa shape index (κ3) is 2.36. The highest BCUT2D eigenvalue weighted by atomic mass is 19.1. The van der Waals surface area contributed by atoms with Crippen molar-refractivity contribution < 1.29 is 18.0 Å². The van der Waals surface area contributed by atoms with E-state index in [1.54, 1.807) is 0 Å². The summed E-state index contributed by atoms with van der Waals surface area (Å²) in [6, 6.07) is 7.39. The summed E-state index contributed by atoms with van der Waals surface area (Å²) < 4.78 is 39.1. The highest BCUT2D eigenvalue weighted by Gasteiger charge is 2.15. The topological polar surface area (TPSA) is 17.1 Å². The first-order valence-corrected chi connectivity index (χ1v) is 4.83. The van der Waals surface area contributed by atoms with E-state index in [0.29, 0.717) is 0 Å². The van der Waals surface area contributed by atoms with Gasteiger partial charge >= 0.3 is 0 Å². The minimum atomic E-state index is -0.833. The summed E-state index contributed by atoms with van der Waals surface area (Å²) in [7, 11) is 0. The van der Waals surface area contributed by atoms with Gasteiger partial charge in [0.2, 0.25) is 0 Å². The average Bonchev–Trinajstić information content (AvgIpc) is 2.31. The van der Waals surface area contributed by atoms with Crippen molar-refractivity contribution in [1.29, 1.82) is 0 Å². The van der Waals surface area contributed by atoms with E-state index >= 15 is 0 Å². The molecule has 2 aromatic rings. The van der Waals surface area contributed by atoms with Gasteiger partial charge in [-0.15, -0.1) is 0 Å². The van der Waals surface area contributed by atoms with Crippen LogP contribution in [0.25, 0.3) is 0 Å². The molecule has 0 unspecified atom stereocenters. The van der Waals surface area contributed by atoms with Crippen molar-refractivity contribution in [3.8, 4) is 0 Å². The standard InChI is InChI=1S/C13H7F3O/c14-9-3-1-2-8(6-9)13(17)11-7-10(15)4-5-12(11)16/h1-7H. The molecule has 0 bridgehead atoms. The molecular formula is C13H7F3O. The maximum Gasteiger partial charge on any atom is 0.196 e. The lowest BCUT2D eigenvalue weighted by atomic mass is 10.0. The lowest BCUT2D eigenvalue weighted by Gasteiger charge is -2.03. The van der Waals surface area contributed by atoms with Crippen molar-refractivity contribution in [2.45, 2.75) is 0 Å². The highest BCUT2D eigenvalue weighted by Crippen LogP contribution is 2.15. The van der Waals surface area contributed by atoms with Crippen LogP contribution in [0.15, 0.2) is 42.5 Å². The smallest absolute Gasteiger partial charge is 0.196 e. The number of benzene rings is 2. The van der Waals surface area contributed by atoms with Crippen LogP contribution in [0.5, 0.6) is 0 Å². The van der Waals surface area contributed by atoms with Crippen LogP contribution in [0, 0.1) is 17.5 Å². The number of rotatable bonds is 2. The second-order valence-electron chi connectivity index (χ2n) is 3.46. The lowest BCUT2D eigenvalue weighted by Crippen LogP contribution is -2.05. The average molecular weight is 236 g/mol. The number of carbonyl (C=O) groups is 1. The molecule has 0 aliphatic rings. The third-order valence-electron chi connectivity index (χ3n) is 2.26. The van der Waals surface area contributed by atoms with E-state index in [1.165, 1.54) is 18.2 Å². The van der Waals surface area contributed by atoms with Gasteiger partial charge in [0.1, 0.15) is 17.5 Å². The van der Waals surface area contributed by atoms with Crippen LogP contribution < -0.4 is 0 Å². The van der Waals surface area contributed by atoms with Gasteiger partial charge in [-0.2, -0.15) is 0 Å². The molecule has 0 heterocycles. The van der Waals surface area contributed by atoms with Crippen molar-refractivity contribution in [2.24, 2.45) is 0 Å². The summed E-state index contributed by atoms with van der Waals surface area (Å²) >= 11 is 0. The maximum absolute atomic E-state index is 13.3. The van der Waals surface area contributed by atoms with Gasteiger partial charge < -0.3 is 0 Å². The van der Waals surface area contributed by atoms with Crippen LogP contribution in [-0.2, 0) is 0 Å². The maximum atomic E-state index is 13.3. The predicted octanol–water partition coefficient (Wildman–Crippen LogP) is 3.33. The zero-order valence-electron chi connectivity index (χ0n) is 8.58. The normalized spacial score (nSPS) is 10.3. The van der Waals surface area contributed by atoms with Crippen LogP contribution >= 0.6 is 0 Å². The summed E-state index contributed by atoms with van der Waals surface area (Å²) in [6.07, 6.45) is 0. The number of halogens is 3. The second kappa shape index (κ2) is 4.41. The van der Waals surface area contributed by atoms with E-state index in [-0.39, 0.29) is 5.56 Å². The van der Waals surface area contributed by atoms with Crippen LogP contribution in [0.1, 0.15) is 15.9 Å². The zero-order valence-corrected chi connectivity index (χ0v) is 8.58. The van der Waals surface area contributed by atoms with Gasteiger partial charge in [0, 0.05) is 5.56 Å². The Morgan fingerprint density at radius 3 is 2.29 bits per heavy atom. The fourth-order valence-electron chi connectivity index (χ4n) is 1.46. The SMILES string of the molecule is O=C(c1cccc(F)c1)c1cc(F)ccc1F. The van der Waals surface area contributed by atoms with Gasteiger partial charge in [-0.3, -0.25) is 4.79 Å². The molecule has 0 amide bonds. The first-order valence-electron chi connectivity index (χ1n) is 4.83. The predicted molar refractivity (Wildman–Crippen MR) is 56.2 cm³/mol. The molecule has 0 aliphatic heterocycles. The summed E-state index contributed by atoms with van der Waals surface area (Å²) in [5, 5.41) is 0. The molecule has 17 heavy (non-hydrogen) atoms. The molecule has 0 radical (unpaired) electrons. The molecule has 1 nitrogen and oxygen atoms in total. The van der Waals surface area contributed by atoms with Gasteiger partial charge in [0.15, 0.2) is 5.78 Å². The Kier molecular flexibility index (Phi) is 2.95. The molecule has 0 aliphatic carbocycles. The molecule has 86 valence electrons. The molecule has 2 rings (SSSR count). The molecular weight excluding hydrogens is 229 g/mol. The Morgan fingerprint density at radius 2 is 1.59 bits per heavy atom. The van der Waals surface area contributed by atoms with E-state index in [4.69, 9.17) is 0 Å². The van der Waals surface area contributed by atoms with Gasteiger partial charge in [-0.05, 0) is 30.3 Å². The molecule has 0 N–H and O–H groups in total. The summed E-state index contributed by atoms with van der Waals surface area (Å²) in [5.41, 5.74) is -0.426. The minimum absolute atomic E-state index is 0.0190. The van der Waals surface area contributed by atoms with E-state index in [2.05, 4.69) is 0 Å². The summed E-state index contributed by atoms with van der Waals surface area (Å²) in [6.45, 7) is 0. The monoisotopic (exact) mass is 236 g/mol. The van der Waals surface area contributed by atoms with Crippen molar-refractivity contribution in [1.82, 2.24) is 0 Å². The minimum Gasteiger partial charge on any atom is -0.288 e. The molecule has 4 heteroatoms. The Hall–Kier alpha value is -2.10. The fourth-order valence-corrected chi connectivity index (χ4v) is 1.46. The summed E-state index contributed by atoms with van der Waals surface area (Å²) in [4.78, 5) is 11.8. The first kappa shape index (κ1) is 11.4. The Morgan fingerprint density at radius 1 is 0.882 bits per heavy atom. The van der Waals surface area contributed by atoms with Crippen molar-refractivity contribution in [3.63, 3.8) is 0 Å². The van der Waals surface area contributed by atoms with Crippen LogP contribution in [0.2, 0.25) is 0 Å². The molecule has 0 fully saturated rings. The summed E-state index contributed by atoms with van der Waals surface area (Å²) in [5.74, 6) is -2.90. The molecule has 0 atom stereocenters. The second-order valence-corrected chi connectivity index (χ2v) is 3.46. The number of carbonyl (C=O) groups excluding carboxylic acids is 1. The Bertz CT molecular complexity index is 579. The fraction of sp³-hybridized carbons (Fsp3) is 0. The van der Waals surface area contributed by atoms with E-state index in [1.807, 2.05) is 0 Å². The number of ketones is 1. The van der Waals surface area contributed by atoms with Gasteiger partial charge in [0.05, 0.1) is 5.56 Å². The highest BCUT2D eigenvalue weighted by molar-refractivity contribution is 6.09. The van der Waals surface area contributed by atoms with Gasteiger partial charge in [0.25, 0.3) is 0 Å². The molecule has 2 aromatic carbocycles. The Balaban J connectivity index is 2.47. The molecule has 0 spiro atoms. The lowest BCUT2D eigenvalue weighted by molar-refractivity contribution is 0.103. The van der Waals surface area contributed by atoms with Crippen LogP contribution in [0.4, 0.5) is 13.2 Å². The van der Waals surface area contributed by atoms with E-state index in [0.717, 1.165) is 24.3 Å². The number of hydrogen-bond acceptors (Lipinski definition) is 1. The first-order chi connectivity index (χ1) is 8.08. The molecule has 0 saturated carbocycles. The van der Waals surface area contributed by atoms with Crippen LogP contribution in [-0.4, -0.2) is 5.78 Å². The van der Waals surface area contributed by atoms with E-state index < -0.39 is 28.8 Å². The third-order valence-corrected chi connectivity index (χ3v) is 2.26. The van der Waals surface area contributed by atoms with Crippen molar-refractivity contribution in [2.75, 3.05) is 0 Å². The van der Waals surface area contributed by atoms with Crippen molar-refractivity contribution in [3.05, 3.63) is 71.0 Å². The van der Waals surface area contributed by atoms with Gasteiger partial charge in [-0.1, -0.05) is 12.1 Å². The largest absolute Gasteiger partial charge is 0.288 e. The molecule has 0 saturated heterocycles. The zero-order chi connectivity index (χ0) is 12.4. The molecule has 0 aromatic heterocycles.